The Kier molecular flexibility index (Phi) is 4.83. The average molecular weight is 366 g/mol. The Bertz CT molecular complexity index is 783. The number of aromatic nitrogens is 2. The van der Waals surface area contributed by atoms with Crippen LogP contribution in [0.5, 0.6) is 0 Å². The molecule has 1 saturated heterocycles. The summed E-state index contributed by atoms with van der Waals surface area (Å²) in [6.45, 7) is 7.40. The van der Waals surface area contributed by atoms with Crippen molar-refractivity contribution in [1.82, 2.24) is 14.5 Å². The third-order valence-corrected chi connectivity index (χ3v) is 6.74. The van der Waals surface area contributed by atoms with Crippen molar-refractivity contribution >= 4 is 5.91 Å². The van der Waals surface area contributed by atoms with Gasteiger partial charge in [-0.15, -0.1) is 0 Å². The Hall–Kier alpha value is -2.10. The highest BCUT2D eigenvalue weighted by Gasteiger charge is 2.48. The number of benzene rings is 1. The lowest BCUT2D eigenvalue weighted by Crippen LogP contribution is -2.44. The van der Waals surface area contributed by atoms with Crippen LogP contribution in [0, 0.1) is 10.8 Å². The van der Waals surface area contributed by atoms with Crippen molar-refractivity contribution in [2.24, 2.45) is 10.8 Å². The molecular formula is C23H31N3O. The van der Waals surface area contributed by atoms with Crippen LogP contribution in [0.15, 0.2) is 42.9 Å². The van der Waals surface area contributed by atoms with Crippen molar-refractivity contribution in [3.8, 4) is 11.3 Å². The molecule has 2 heterocycles. The number of likely N-dealkylation sites (tertiary alicyclic amines) is 1. The molecule has 0 N–H and O–H groups in total. The van der Waals surface area contributed by atoms with E-state index >= 15 is 0 Å². The zero-order valence-electron chi connectivity index (χ0n) is 16.7. The van der Waals surface area contributed by atoms with Gasteiger partial charge in [0.15, 0.2) is 0 Å². The average Bonchev–Trinajstić information content (AvgIpc) is 3.26. The predicted molar refractivity (Wildman–Crippen MR) is 108 cm³/mol. The van der Waals surface area contributed by atoms with Crippen molar-refractivity contribution in [1.29, 1.82) is 0 Å². The van der Waals surface area contributed by atoms with E-state index in [1.165, 1.54) is 17.7 Å². The number of nitrogens with zero attached hydrogens (tertiary/aromatic N) is 3. The van der Waals surface area contributed by atoms with Crippen LogP contribution >= 0.6 is 0 Å². The monoisotopic (exact) mass is 365 g/mol. The van der Waals surface area contributed by atoms with Gasteiger partial charge in [-0.2, -0.15) is 0 Å². The van der Waals surface area contributed by atoms with Gasteiger partial charge in [-0.05, 0) is 49.5 Å². The minimum absolute atomic E-state index is 0.0248. The van der Waals surface area contributed by atoms with Crippen molar-refractivity contribution < 1.29 is 4.79 Å². The molecule has 1 aromatic heterocycles. The molecule has 0 bridgehead atoms. The molecule has 0 unspecified atom stereocenters. The number of amides is 1. The molecule has 1 saturated carbocycles. The Morgan fingerprint density at radius 3 is 2.44 bits per heavy atom. The number of carbonyl (C=O) groups excluding carboxylic acids is 1. The van der Waals surface area contributed by atoms with E-state index in [0.717, 1.165) is 51.7 Å². The fourth-order valence-electron chi connectivity index (χ4n) is 4.31. The number of hydrogen-bond acceptors (Lipinski definition) is 2. The summed E-state index contributed by atoms with van der Waals surface area (Å²) >= 11 is 0. The second-order valence-electron chi connectivity index (χ2n) is 9.11. The van der Waals surface area contributed by atoms with Gasteiger partial charge in [0.05, 0.1) is 18.2 Å². The van der Waals surface area contributed by atoms with E-state index in [9.17, 15) is 4.79 Å². The Morgan fingerprint density at radius 2 is 1.78 bits per heavy atom. The van der Waals surface area contributed by atoms with Crippen molar-refractivity contribution in [2.45, 2.75) is 58.9 Å². The summed E-state index contributed by atoms with van der Waals surface area (Å²) in [4.78, 5) is 19.0. The summed E-state index contributed by atoms with van der Waals surface area (Å²) in [5, 5.41) is 0. The molecule has 4 rings (SSSR count). The second-order valence-corrected chi connectivity index (χ2v) is 9.11. The molecule has 1 amide bonds. The topological polar surface area (TPSA) is 38.1 Å². The normalized spacial score (nSPS) is 20.4. The van der Waals surface area contributed by atoms with Gasteiger partial charge >= 0.3 is 0 Å². The highest BCUT2D eigenvalue weighted by Crippen LogP contribution is 2.47. The summed E-state index contributed by atoms with van der Waals surface area (Å²) in [5.74, 6) is 0.399. The zero-order valence-corrected chi connectivity index (χ0v) is 16.7. The second kappa shape index (κ2) is 7.14. The first-order valence-electron chi connectivity index (χ1n) is 10.3. The van der Waals surface area contributed by atoms with E-state index in [-0.39, 0.29) is 5.41 Å². The van der Waals surface area contributed by atoms with Crippen molar-refractivity contribution in [2.75, 3.05) is 13.1 Å². The van der Waals surface area contributed by atoms with Gasteiger partial charge in [-0.1, -0.05) is 44.2 Å². The maximum atomic E-state index is 12.6. The van der Waals surface area contributed by atoms with Gasteiger partial charge in [-0.3, -0.25) is 4.79 Å². The smallest absolute Gasteiger partial charge is 0.228 e. The standard InChI is InChI=1S/C23H31N3O/c1-22(12-15-25(16-13-22)21(27)23(2)10-11-23)9-6-14-26-18-24-17-20(26)19-7-4-3-5-8-19/h3-5,7-8,17-18H,6,9-16H2,1-2H3. The minimum Gasteiger partial charge on any atom is -0.342 e. The number of carbonyl (C=O) groups is 1. The molecule has 0 spiro atoms. The summed E-state index contributed by atoms with van der Waals surface area (Å²) in [6.07, 6.45) is 10.7. The fourth-order valence-corrected chi connectivity index (χ4v) is 4.31. The lowest BCUT2D eigenvalue weighted by Gasteiger charge is -2.40. The first-order chi connectivity index (χ1) is 13.0. The molecule has 2 fully saturated rings. The number of aryl methyl sites for hydroxylation is 1. The van der Waals surface area contributed by atoms with E-state index in [2.05, 4.69) is 52.6 Å². The minimum atomic E-state index is -0.0248. The van der Waals surface area contributed by atoms with E-state index in [0.29, 0.717) is 11.3 Å². The largest absolute Gasteiger partial charge is 0.342 e. The summed E-state index contributed by atoms with van der Waals surface area (Å²) in [6, 6.07) is 10.5. The number of rotatable bonds is 6. The Morgan fingerprint density at radius 1 is 1.07 bits per heavy atom. The van der Waals surface area contributed by atoms with Gasteiger partial charge in [0.2, 0.25) is 5.91 Å². The van der Waals surface area contributed by atoms with Crippen LogP contribution in [0.4, 0.5) is 0 Å². The third kappa shape index (κ3) is 3.95. The van der Waals surface area contributed by atoms with Gasteiger partial charge in [0.25, 0.3) is 0 Å². The highest BCUT2D eigenvalue weighted by molar-refractivity contribution is 5.85. The van der Waals surface area contributed by atoms with E-state index in [1.807, 2.05) is 18.6 Å². The van der Waals surface area contributed by atoms with E-state index in [4.69, 9.17) is 0 Å². The molecule has 1 aromatic carbocycles. The van der Waals surface area contributed by atoms with Gasteiger partial charge in [0.1, 0.15) is 0 Å². The van der Waals surface area contributed by atoms with Crippen LogP contribution in [0.3, 0.4) is 0 Å². The van der Waals surface area contributed by atoms with Gasteiger partial charge in [-0.25, -0.2) is 4.98 Å². The fraction of sp³-hybridized carbons (Fsp3) is 0.565. The molecule has 0 radical (unpaired) electrons. The Labute approximate surface area is 162 Å². The number of imidazole rings is 1. The van der Waals surface area contributed by atoms with Crippen LogP contribution in [0.25, 0.3) is 11.3 Å². The summed E-state index contributed by atoms with van der Waals surface area (Å²) < 4.78 is 2.27. The maximum absolute atomic E-state index is 12.6. The predicted octanol–water partition coefficient (Wildman–Crippen LogP) is 4.76. The maximum Gasteiger partial charge on any atom is 0.228 e. The molecule has 1 aliphatic heterocycles. The molecule has 1 aliphatic carbocycles. The van der Waals surface area contributed by atoms with Crippen molar-refractivity contribution in [3.63, 3.8) is 0 Å². The quantitative estimate of drug-likeness (QED) is 0.740. The van der Waals surface area contributed by atoms with Crippen LogP contribution in [0.1, 0.15) is 52.4 Å². The molecule has 144 valence electrons. The lowest BCUT2D eigenvalue weighted by molar-refractivity contribution is -0.138. The molecule has 2 aliphatic rings. The molecule has 4 nitrogen and oxygen atoms in total. The molecule has 2 aromatic rings. The van der Waals surface area contributed by atoms with Crippen LogP contribution in [0.2, 0.25) is 0 Å². The SMILES string of the molecule is CC1(CCCn2cncc2-c2ccccc2)CCN(C(=O)C2(C)CC2)CC1. The van der Waals surface area contributed by atoms with Crippen molar-refractivity contribution in [3.05, 3.63) is 42.9 Å². The summed E-state index contributed by atoms with van der Waals surface area (Å²) in [7, 11) is 0. The summed E-state index contributed by atoms with van der Waals surface area (Å²) in [5.41, 5.74) is 2.75. The third-order valence-electron chi connectivity index (χ3n) is 6.74. The lowest BCUT2D eigenvalue weighted by atomic mass is 9.76. The van der Waals surface area contributed by atoms with Crippen LogP contribution < -0.4 is 0 Å². The molecule has 0 atom stereocenters. The molecular weight excluding hydrogens is 334 g/mol. The number of hydrogen-bond donors (Lipinski definition) is 0. The van der Waals surface area contributed by atoms with Gasteiger partial charge in [0, 0.05) is 25.0 Å². The van der Waals surface area contributed by atoms with E-state index in [1.54, 1.807) is 0 Å². The Balaban J connectivity index is 1.29. The van der Waals surface area contributed by atoms with Crippen LogP contribution in [-0.2, 0) is 11.3 Å². The van der Waals surface area contributed by atoms with E-state index < -0.39 is 0 Å². The number of piperidine rings is 1. The molecule has 4 heteroatoms. The van der Waals surface area contributed by atoms with Crippen LogP contribution in [-0.4, -0.2) is 33.4 Å². The first-order valence-corrected chi connectivity index (χ1v) is 10.3. The van der Waals surface area contributed by atoms with Gasteiger partial charge < -0.3 is 9.47 Å². The zero-order chi connectivity index (χ0) is 18.9. The first kappa shape index (κ1) is 18.3. The molecule has 27 heavy (non-hydrogen) atoms. The highest BCUT2D eigenvalue weighted by atomic mass is 16.2.